The lowest BCUT2D eigenvalue weighted by atomic mass is 9.74. The highest BCUT2D eigenvalue weighted by molar-refractivity contribution is 5.75. The van der Waals surface area contributed by atoms with Gasteiger partial charge in [0.05, 0.1) is 13.2 Å². The Hall–Kier alpha value is -1.75. The van der Waals surface area contributed by atoms with Crippen LogP contribution in [0.5, 0.6) is 11.5 Å². The Balaban J connectivity index is 1.56. The number of piperidine rings is 1. The Morgan fingerprint density at radius 2 is 1.87 bits per heavy atom. The van der Waals surface area contributed by atoms with E-state index < -0.39 is 5.60 Å². The minimum atomic E-state index is -0.451. The molecular weight excluding hydrogens is 390 g/mol. The Kier molecular flexibility index (Phi) is 7.90. The summed E-state index contributed by atoms with van der Waals surface area (Å²) in [6.45, 7) is 13.2. The van der Waals surface area contributed by atoms with E-state index in [-0.39, 0.29) is 17.4 Å². The molecule has 1 saturated heterocycles. The van der Waals surface area contributed by atoms with Crippen LogP contribution in [0.15, 0.2) is 18.2 Å². The Bertz CT molecular complexity index is 731. The number of unbranched alkanes of at least 4 members (excludes halogenated alkanes) is 4. The fraction of sp³-hybridized carbons (Fsp3) is 0.731. The van der Waals surface area contributed by atoms with Gasteiger partial charge in [0, 0.05) is 11.0 Å². The Labute approximate surface area is 188 Å². The van der Waals surface area contributed by atoms with Crippen LogP contribution >= 0.6 is 0 Å². The average molecular weight is 432 g/mol. The van der Waals surface area contributed by atoms with Crippen LogP contribution in [0.3, 0.4) is 0 Å². The maximum atomic E-state index is 12.5. The lowest BCUT2D eigenvalue weighted by molar-refractivity contribution is -0.161. The highest BCUT2D eigenvalue weighted by atomic mass is 16.6. The molecule has 0 aromatic heterocycles. The van der Waals surface area contributed by atoms with Gasteiger partial charge in [-0.05, 0) is 78.2 Å². The van der Waals surface area contributed by atoms with Crippen molar-refractivity contribution in [3.63, 3.8) is 0 Å². The van der Waals surface area contributed by atoms with Crippen molar-refractivity contribution in [2.75, 3.05) is 26.3 Å². The molecule has 1 unspecified atom stereocenters. The molecule has 1 atom stereocenters. The van der Waals surface area contributed by atoms with Crippen molar-refractivity contribution in [3.8, 4) is 11.5 Å². The summed E-state index contributed by atoms with van der Waals surface area (Å²) >= 11 is 0. The predicted octanol–water partition coefficient (Wildman–Crippen LogP) is 5.49. The molecule has 174 valence electrons. The van der Waals surface area contributed by atoms with E-state index in [1.54, 1.807) is 0 Å². The molecule has 1 spiro atoms. The summed E-state index contributed by atoms with van der Waals surface area (Å²) in [6, 6.07) is 6.07. The molecule has 2 aliphatic heterocycles. The number of esters is 1. The number of fused-ring (bicyclic) bond motifs is 2. The fourth-order valence-electron chi connectivity index (χ4n) is 4.62. The molecule has 0 N–H and O–H groups in total. The van der Waals surface area contributed by atoms with Gasteiger partial charge in [-0.25, -0.2) is 0 Å². The lowest BCUT2D eigenvalue weighted by Crippen LogP contribution is -2.50. The SMILES string of the molecule is CCCCCCCOc1ccc2c(c1)C1(CCN(C(C)C(=O)OC(C)(C)C)CC1)CO2. The van der Waals surface area contributed by atoms with E-state index in [0.717, 1.165) is 57.1 Å². The van der Waals surface area contributed by atoms with Gasteiger partial charge in [-0.3, -0.25) is 9.69 Å². The van der Waals surface area contributed by atoms with Crippen LogP contribution in [0.25, 0.3) is 0 Å². The number of hydrogen-bond acceptors (Lipinski definition) is 5. The summed E-state index contributed by atoms with van der Waals surface area (Å²) in [4.78, 5) is 14.7. The van der Waals surface area contributed by atoms with E-state index in [1.165, 1.54) is 31.2 Å². The quantitative estimate of drug-likeness (QED) is 0.382. The topological polar surface area (TPSA) is 48.0 Å². The third kappa shape index (κ3) is 6.15. The molecule has 2 heterocycles. The normalized spacial score (nSPS) is 19.0. The number of rotatable bonds is 9. The molecule has 3 rings (SSSR count). The molecule has 31 heavy (non-hydrogen) atoms. The van der Waals surface area contributed by atoms with E-state index >= 15 is 0 Å². The fourth-order valence-corrected chi connectivity index (χ4v) is 4.62. The molecule has 0 saturated carbocycles. The van der Waals surface area contributed by atoms with E-state index in [0.29, 0.717) is 0 Å². The second kappa shape index (κ2) is 10.2. The van der Waals surface area contributed by atoms with E-state index in [1.807, 2.05) is 33.8 Å². The number of carbonyl (C=O) groups excluding carboxylic acids is 1. The summed E-state index contributed by atoms with van der Waals surface area (Å²) in [5.74, 6) is 1.80. The lowest BCUT2D eigenvalue weighted by Gasteiger charge is -2.40. The Morgan fingerprint density at radius 3 is 2.55 bits per heavy atom. The average Bonchev–Trinajstić information content (AvgIpc) is 3.07. The van der Waals surface area contributed by atoms with Crippen molar-refractivity contribution in [2.24, 2.45) is 0 Å². The zero-order valence-corrected chi connectivity index (χ0v) is 20.2. The summed E-state index contributed by atoms with van der Waals surface area (Å²) in [5, 5.41) is 0. The summed E-state index contributed by atoms with van der Waals surface area (Å²) in [5.41, 5.74) is 0.855. The van der Waals surface area contributed by atoms with Crippen LogP contribution in [0.4, 0.5) is 0 Å². The van der Waals surface area contributed by atoms with Crippen LogP contribution < -0.4 is 9.47 Å². The summed E-state index contributed by atoms with van der Waals surface area (Å²) < 4.78 is 17.7. The molecule has 2 aliphatic rings. The first-order chi connectivity index (χ1) is 14.7. The zero-order valence-electron chi connectivity index (χ0n) is 20.2. The number of carbonyl (C=O) groups is 1. The smallest absolute Gasteiger partial charge is 0.323 e. The van der Waals surface area contributed by atoms with Crippen molar-refractivity contribution in [2.45, 2.75) is 96.6 Å². The van der Waals surface area contributed by atoms with Crippen LogP contribution in [-0.4, -0.2) is 48.8 Å². The first-order valence-electron chi connectivity index (χ1n) is 12.1. The molecule has 0 amide bonds. The van der Waals surface area contributed by atoms with Gasteiger partial charge in [0.25, 0.3) is 0 Å². The standard InChI is InChI=1S/C26H41NO4/c1-6-7-8-9-10-17-29-21-11-12-23-22(18-21)26(19-30-23)13-15-27(16-14-26)20(2)24(28)31-25(3,4)5/h11-12,18,20H,6-10,13-17,19H2,1-5H3. The number of ether oxygens (including phenoxy) is 3. The highest BCUT2D eigenvalue weighted by Crippen LogP contribution is 2.47. The minimum Gasteiger partial charge on any atom is -0.494 e. The van der Waals surface area contributed by atoms with Gasteiger partial charge in [-0.15, -0.1) is 0 Å². The number of hydrogen-bond donors (Lipinski definition) is 0. The van der Waals surface area contributed by atoms with Crippen molar-refractivity contribution >= 4 is 5.97 Å². The van der Waals surface area contributed by atoms with Crippen molar-refractivity contribution in [1.82, 2.24) is 4.90 Å². The second-order valence-corrected chi connectivity index (χ2v) is 10.2. The Morgan fingerprint density at radius 1 is 1.16 bits per heavy atom. The largest absolute Gasteiger partial charge is 0.494 e. The zero-order chi connectivity index (χ0) is 22.5. The maximum absolute atomic E-state index is 12.5. The van der Waals surface area contributed by atoms with Crippen LogP contribution in [0.1, 0.15) is 85.1 Å². The van der Waals surface area contributed by atoms with Gasteiger partial charge < -0.3 is 14.2 Å². The highest BCUT2D eigenvalue weighted by Gasteiger charge is 2.44. The third-order valence-electron chi connectivity index (χ3n) is 6.59. The molecule has 0 aliphatic carbocycles. The molecule has 1 aromatic carbocycles. The predicted molar refractivity (Wildman–Crippen MR) is 124 cm³/mol. The number of likely N-dealkylation sites (tertiary alicyclic amines) is 1. The van der Waals surface area contributed by atoms with E-state index in [4.69, 9.17) is 14.2 Å². The summed E-state index contributed by atoms with van der Waals surface area (Å²) in [6.07, 6.45) is 8.16. The molecule has 1 aromatic rings. The van der Waals surface area contributed by atoms with Gasteiger partial charge in [0.15, 0.2) is 0 Å². The maximum Gasteiger partial charge on any atom is 0.323 e. The molecule has 0 radical (unpaired) electrons. The van der Waals surface area contributed by atoms with Gasteiger partial charge in [0.2, 0.25) is 0 Å². The van der Waals surface area contributed by atoms with Crippen LogP contribution in [0, 0.1) is 0 Å². The van der Waals surface area contributed by atoms with Crippen molar-refractivity contribution < 1.29 is 19.0 Å². The molecule has 5 nitrogen and oxygen atoms in total. The van der Waals surface area contributed by atoms with Crippen LogP contribution in [0.2, 0.25) is 0 Å². The van der Waals surface area contributed by atoms with Gasteiger partial charge in [-0.2, -0.15) is 0 Å². The molecule has 1 fully saturated rings. The minimum absolute atomic E-state index is 0.0278. The molecule has 5 heteroatoms. The van der Waals surface area contributed by atoms with Gasteiger partial charge in [-0.1, -0.05) is 32.6 Å². The van der Waals surface area contributed by atoms with Gasteiger partial charge in [0.1, 0.15) is 23.1 Å². The second-order valence-electron chi connectivity index (χ2n) is 10.2. The monoisotopic (exact) mass is 431 g/mol. The number of nitrogens with zero attached hydrogens (tertiary/aromatic N) is 1. The van der Waals surface area contributed by atoms with E-state index in [2.05, 4.69) is 24.0 Å². The van der Waals surface area contributed by atoms with Crippen molar-refractivity contribution in [1.29, 1.82) is 0 Å². The first kappa shape index (κ1) is 23.9. The molecule has 0 bridgehead atoms. The number of benzene rings is 1. The third-order valence-corrected chi connectivity index (χ3v) is 6.59. The summed E-state index contributed by atoms with van der Waals surface area (Å²) in [7, 11) is 0. The van der Waals surface area contributed by atoms with Crippen molar-refractivity contribution in [3.05, 3.63) is 23.8 Å². The first-order valence-corrected chi connectivity index (χ1v) is 12.1. The molecular formula is C26H41NO4. The van der Waals surface area contributed by atoms with Gasteiger partial charge >= 0.3 is 5.97 Å². The van der Waals surface area contributed by atoms with Crippen LogP contribution in [-0.2, 0) is 14.9 Å². The van der Waals surface area contributed by atoms with E-state index in [9.17, 15) is 4.79 Å².